The van der Waals surface area contributed by atoms with Gasteiger partial charge in [0, 0.05) is 5.57 Å². The largest absolute Gasteiger partial charge is 2.00 e. The minimum atomic E-state index is -0.700. The number of hydrogen-bond donors (Lipinski definition) is 0. The van der Waals surface area contributed by atoms with Crippen LogP contribution in [0.1, 0.15) is 39.1 Å². The van der Waals surface area contributed by atoms with Crippen molar-refractivity contribution in [3.05, 3.63) is 94.2 Å². The molecule has 0 N–H and O–H groups in total. The van der Waals surface area contributed by atoms with Crippen LogP contribution in [0.2, 0.25) is 0 Å². The van der Waals surface area contributed by atoms with Crippen LogP contribution in [0.3, 0.4) is 0 Å². The van der Waals surface area contributed by atoms with Crippen molar-refractivity contribution in [1.29, 1.82) is 0 Å². The van der Waals surface area contributed by atoms with Crippen molar-refractivity contribution in [1.82, 2.24) is 4.98 Å². The van der Waals surface area contributed by atoms with Crippen LogP contribution >= 0.6 is 0 Å². The molecule has 226 valence electrons. The molecule has 0 radical (unpaired) electrons. The second-order valence-corrected chi connectivity index (χ2v) is 9.24. The van der Waals surface area contributed by atoms with E-state index in [-0.39, 0.29) is 114 Å². The first-order chi connectivity index (χ1) is 21.3. The van der Waals surface area contributed by atoms with E-state index < -0.39 is 23.9 Å². The van der Waals surface area contributed by atoms with Crippen molar-refractivity contribution < 1.29 is 57.9 Å². The summed E-state index contributed by atoms with van der Waals surface area (Å²) in [5.74, 6) is -2.80. The molecule has 0 unspecified atom stereocenters. The average Bonchev–Trinajstić information content (AvgIpc) is 3.80. The van der Waals surface area contributed by atoms with E-state index in [1.165, 1.54) is 0 Å². The van der Waals surface area contributed by atoms with E-state index in [1.54, 1.807) is 76.3 Å². The maximum atomic E-state index is 13.2. The van der Waals surface area contributed by atoms with E-state index in [1.807, 2.05) is 0 Å². The molecule has 5 heterocycles. The molecule has 0 saturated carbocycles. The number of aliphatic imine (C=N–C) groups is 3. The van der Waals surface area contributed by atoms with Gasteiger partial charge in [-0.2, -0.15) is 0 Å². The van der Waals surface area contributed by atoms with Crippen molar-refractivity contribution in [2.75, 3.05) is 26.4 Å². The van der Waals surface area contributed by atoms with E-state index in [4.69, 9.17) is 18.9 Å². The first-order valence-electron chi connectivity index (χ1n) is 14.0. The van der Waals surface area contributed by atoms with Crippen LogP contribution in [0.5, 0.6) is 0 Å². The number of rotatable bonds is 8. The number of nitrogens with zero attached hydrogens (tertiary/aromatic N) is 4. The van der Waals surface area contributed by atoms with Crippen molar-refractivity contribution in [3.63, 3.8) is 0 Å². The van der Waals surface area contributed by atoms with Crippen LogP contribution in [-0.4, -0.2) is 61.5 Å². The second-order valence-electron chi connectivity index (χ2n) is 9.24. The van der Waals surface area contributed by atoms with Crippen molar-refractivity contribution >= 4 is 46.2 Å². The Balaban J connectivity index is 0.00000461. The van der Waals surface area contributed by atoms with Gasteiger partial charge in [0.1, 0.15) is 11.1 Å². The Bertz CT molecular complexity index is 1760. The Morgan fingerprint density at radius 3 is 1.49 bits per heavy atom. The van der Waals surface area contributed by atoms with E-state index in [0.717, 1.165) is 0 Å². The Morgan fingerprint density at radius 1 is 0.600 bits per heavy atom. The molecule has 0 atom stereocenters. The number of aromatic nitrogens is 1. The summed E-state index contributed by atoms with van der Waals surface area (Å²) in [6.45, 7) is 7.01. The third kappa shape index (κ3) is 6.49. The van der Waals surface area contributed by atoms with Gasteiger partial charge >= 0.3 is 37.4 Å². The van der Waals surface area contributed by atoms with Gasteiger partial charge in [-0.15, -0.1) is 11.4 Å². The van der Waals surface area contributed by atoms with Gasteiger partial charge in [0.05, 0.1) is 65.6 Å². The fourth-order valence-corrected chi connectivity index (χ4v) is 4.74. The van der Waals surface area contributed by atoms with Crippen LogP contribution in [-0.2, 0) is 52.8 Å². The fourth-order valence-electron chi connectivity index (χ4n) is 4.74. The first kappa shape index (κ1) is 33.0. The molecule has 0 aliphatic carbocycles. The molecule has 0 fully saturated rings. The van der Waals surface area contributed by atoms with Gasteiger partial charge in [0.2, 0.25) is 0 Å². The van der Waals surface area contributed by atoms with E-state index in [9.17, 15) is 19.5 Å². The third-order valence-corrected chi connectivity index (χ3v) is 6.53. The van der Waals surface area contributed by atoms with Crippen LogP contribution < -0.4 is 10.1 Å². The minimum absolute atomic E-state index is 0. The molecule has 13 heteroatoms. The number of carbonyl (C=O) groups is 3. The summed E-state index contributed by atoms with van der Waals surface area (Å²) in [7, 11) is 0. The van der Waals surface area contributed by atoms with Crippen LogP contribution in [0.25, 0.3) is 11.1 Å². The Kier molecular flexibility index (Phi) is 10.5. The maximum absolute atomic E-state index is 13.2. The zero-order valence-electron chi connectivity index (χ0n) is 25.2. The van der Waals surface area contributed by atoms with Crippen molar-refractivity contribution in [2.24, 2.45) is 15.0 Å². The quantitative estimate of drug-likeness (QED) is 0.176. The van der Waals surface area contributed by atoms with Gasteiger partial charge in [-0.05, 0) is 63.8 Å². The van der Waals surface area contributed by atoms with Crippen LogP contribution in [0, 0.1) is 0 Å². The molecular formula is C32H28N4O8Zn. The van der Waals surface area contributed by atoms with Gasteiger partial charge < -0.3 is 29.0 Å². The molecule has 8 bridgehead atoms. The first-order valence-corrected chi connectivity index (χ1v) is 14.0. The van der Waals surface area contributed by atoms with Gasteiger partial charge in [0.25, 0.3) is 0 Å². The predicted molar refractivity (Wildman–Crippen MR) is 159 cm³/mol. The molecule has 4 aliphatic rings. The SMILES string of the molecule is CCOC(=O)C1=C2C=CC(=N2)C(C(=O)OCC)=C2C=CC(=N2)/C(=C(\[O-])OCC)c2ccc([n-]2)C(C(=O)OCC)=C2C=CC1=N2.[Zn+2]. The van der Waals surface area contributed by atoms with Gasteiger partial charge in [-0.1, -0.05) is 19.1 Å². The summed E-state index contributed by atoms with van der Waals surface area (Å²) < 4.78 is 21.3. The van der Waals surface area contributed by atoms with E-state index in [2.05, 4.69) is 20.0 Å². The molecule has 0 amide bonds. The Hall–Kier alpha value is -4.90. The van der Waals surface area contributed by atoms with Crippen molar-refractivity contribution in [2.45, 2.75) is 27.7 Å². The smallest absolute Gasteiger partial charge is 0.656 e. The summed E-state index contributed by atoms with van der Waals surface area (Å²) >= 11 is 0. The molecule has 45 heavy (non-hydrogen) atoms. The Labute approximate surface area is 271 Å². The number of carbonyl (C=O) groups excluding carboxylic acids is 3. The van der Waals surface area contributed by atoms with Crippen LogP contribution in [0.4, 0.5) is 0 Å². The molecule has 0 saturated heterocycles. The zero-order chi connectivity index (χ0) is 31.4. The number of allylic oxidation sites excluding steroid dienone is 7. The normalized spacial score (nSPS) is 17.6. The zero-order valence-corrected chi connectivity index (χ0v) is 28.2. The average molecular weight is 662 g/mol. The fraction of sp³-hybridized carbons (Fsp3) is 0.250. The monoisotopic (exact) mass is 660 g/mol. The molecule has 0 spiro atoms. The molecular weight excluding hydrogens is 634 g/mol. The maximum Gasteiger partial charge on any atom is 2.00 e. The number of ether oxygens (including phenoxy) is 4. The molecule has 5 rings (SSSR count). The van der Waals surface area contributed by atoms with Gasteiger partial charge in [0.15, 0.2) is 0 Å². The number of esters is 3. The third-order valence-electron chi connectivity index (χ3n) is 6.53. The van der Waals surface area contributed by atoms with Crippen molar-refractivity contribution in [3.8, 4) is 0 Å². The number of hydrogen-bond acceptors (Lipinski definition) is 11. The summed E-state index contributed by atoms with van der Waals surface area (Å²) in [5, 5.41) is 13.2. The summed E-state index contributed by atoms with van der Waals surface area (Å²) in [4.78, 5) is 58.1. The number of fused-ring (bicyclic) bond motifs is 5. The molecule has 12 nitrogen and oxygen atoms in total. The Morgan fingerprint density at radius 2 is 1.00 bits per heavy atom. The predicted octanol–water partition coefficient (Wildman–Crippen LogP) is 2.66. The topological polar surface area (TPSA) is 162 Å². The standard InChI is InChI=1S/C32H30N4O8.Zn/c1-5-41-29(37)25-17-9-11-19(33-17)26(30(38)42-6-2)21-13-15-23(35-21)28(32(40)44-8-4)24-16-14-22(36-24)27(31(39)43-7-3)20-12-10-18(25)34-20;/h9-16H,5-8H2,1-4H3,(H2,33,34,35,36,37,38,39,40);/q;+2/p-2. The second kappa shape index (κ2) is 14.3. The van der Waals surface area contributed by atoms with E-state index >= 15 is 0 Å². The molecule has 1 aromatic heterocycles. The summed E-state index contributed by atoms with van der Waals surface area (Å²) in [6.07, 6.45) is 9.30. The summed E-state index contributed by atoms with van der Waals surface area (Å²) in [6, 6.07) is 3.10. The van der Waals surface area contributed by atoms with Gasteiger partial charge in [-0.3, -0.25) is 0 Å². The summed E-state index contributed by atoms with van der Waals surface area (Å²) in [5.41, 5.74) is 1.49. The molecule has 0 aromatic carbocycles. The van der Waals surface area contributed by atoms with E-state index in [0.29, 0.717) is 0 Å². The molecule has 4 aliphatic heterocycles. The molecule has 1 aromatic rings. The van der Waals surface area contributed by atoms with Crippen LogP contribution in [0.15, 0.2) is 97.7 Å². The van der Waals surface area contributed by atoms with Gasteiger partial charge in [-0.25, -0.2) is 29.4 Å². The minimum Gasteiger partial charge on any atom is -0.656 e.